The molecular formula is C21H20O5. The average Bonchev–Trinajstić information content (AvgIpc) is 3.17. The summed E-state index contributed by atoms with van der Waals surface area (Å²) in [5.41, 5.74) is 2.26. The van der Waals surface area contributed by atoms with Crippen LogP contribution in [0.5, 0.6) is 0 Å². The zero-order valence-corrected chi connectivity index (χ0v) is 14.3. The first-order chi connectivity index (χ1) is 12.7. The van der Waals surface area contributed by atoms with Crippen molar-refractivity contribution in [2.75, 3.05) is 6.61 Å². The maximum absolute atomic E-state index is 12.5. The van der Waals surface area contributed by atoms with Crippen molar-refractivity contribution in [3.05, 3.63) is 70.7 Å². The van der Waals surface area contributed by atoms with Crippen LogP contribution in [0.1, 0.15) is 37.2 Å². The van der Waals surface area contributed by atoms with Crippen molar-refractivity contribution in [3.63, 3.8) is 0 Å². The summed E-state index contributed by atoms with van der Waals surface area (Å²) in [4.78, 5) is 23.8. The lowest BCUT2D eigenvalue weighted by Gasteiger charge is -2.27. The number of benzene rings is 1. The molecule has 134 valence electrons. The van der Waals surface area contributed by atoms with Crippen LogP contribution in [0.2, 0.25) is 0 Å². The molecule has 1 heterocycles. The molecule has 3 aliphatic rings. The number of esters is 2. The Morgan fingerprint density at radius 2 is 1.85 bits per heavy atom. The molecule has 4 rings (SSSR count). The van der Waals surface area contributed by atoms with Crippen LogP contribution in [0, 0.1) is 5.92 Å². The van der Waals surface area contributed by atoms with Gasteiger partial charge in [-0.15, -0.1) is 0 Å². The highest BCUT2D eigenvalue weighted by Crippen LogP contribution is 2.39. The molecule has 1 fully saturated rings. The topological polar surface area (TPSA) is 72.8 Å². The third-order valence-electron chi connectivity index (χ3n) is 5.32. The van der Waals surface area contributed by atoms with Gasteiger partial charge in [0.25, 0.3) is 0 Å². The third kappa shape index (κ3) is 3.10. The predicted molar refractivity (Wildman–Crippen MR) is 93.6 cm³/mol. The first-order valence-electron chi connectivity index (χ1n) is 8.92. The van der Waals surface area contributed by atoms with Gasteiger partial charge in [-0.3, -0.25) is 4.79 Å². The fraction of sp³-hybridized carbons (Fsp3) is 0.333. The van der Waals surface area contributed by atoms with Crippen molar-refractivity contribution in [1.82, 2.24) is 0 Å². The van der Waals surface area contributed by atoms with E-state index in [9.17, 15) is 14.7 Å². The molecule has 0 saturated heterocycles. The minimum Gasteiger partial charge on any atom is -0.426 e. The second kappa shape index (κ2) is 6.92. The zero-order valence-electron chi connectivity index (χ0n) is 14.3. The van der Waals surface area contributed by atoms with Crippen molar-refractivity contribution in [3.8, 4) is 0 Å². The Morgan fingerprint density at radius 3 is 2.54 bits per heavy atom. The molecule has 5 heteroatoms. The van der Waals surface area contributed by atoms with Gasteiger partial charge in [-0.25, -0.2) is 4.79 Å². The number of aliphatic hydroxyl groups excluding tert-OH is 1. The molecule has 2 aliphatic carbocycles. The molecule has 0 amide bonds. The second-order valence-corrected chi connectivity index (χ2v) is 6.87. The van der Waals surface area contributed by atoms with Gasteiger partial charge in [-0.1, -0.05) is 30.3 Å². The van der Waals surface area contributed by atoms with Gasteiger partial charge in [0.1, 0.15) is 11.5 Å². The summed E-state index contributed by atoms with van der Waals surface area (Å²) in [5, 5.41) is 9.56. The molecule has 1 aromatic carbocycles. The van der Waals surface area contributed by atoms with Gasteiger partial charge in [0.15, 0.2) is 0 Å². The fourth-order valence-electron chi connectivity index (χ4n) is 3.90. The van der Waals surface area contributed by atoms with Crippen LogP contribution in [0.15, 0.2) is 65.1 Å². The molecule has 5 nitrogen and oxygen atoms in total. The summed E-state index contributed by atoms with van der Waals surface area (Å²) in [6, 6.07) is 10.4. The number of carbonyl (C=O) groups is 2. The van der Waals surface area contributed by atoms with Gasteiger partial charge in [-0.05, 0) is 37.2 Å². The second-order valence-electron chi connectivity index (χ2n) is 6.87. The molecule has 0 atom stereocenters. The molecule has 0 bridgehead atoms. The van der Waals surface area contributed by atoms with Crippen LogP contribution in [0.4, 0.5) is 0 Å². The van der Waals surface area contributed by atoms with E-state index in [2.05, 4.69) is 12.1 Å². The van der Waals surface area contributed by atoms with Crippen molar-refractivity contribution in [1.29, 1.82) is 0 Å². The van der Waals surface area contributed by atoms with Gasteiger partial charge in [-0.2, -0.15) is 0 Å². The highest BCUT2D eigenvalue weighted by molar-refractivity contribution is 5.91. The molecule has 26 heavy (non-hydrogen) atoms. The quantitative estimate of drug-likeness (QED) is 0.843. The molecular weight excluding hydrogens is 332 g/mol. The number of ether oxygens (including phenoxy) is 2. The van der Waals surface area contributed by atoms with Crippen molar-refractivity contribution in [2.24, 2.45) is 5.92 Å². The van der Waals surface area contributed by atoms with E-state index in [-0.39, 0.29) is 24.3 Å². The number of rotatable bonds is 4. The Kier molecular flexibility index (Phi) is 4.47. The number of aliphatic hydroxyl groups is 1. The van der Waals surface area contributed by atoms with E-state index in [4.69, 9.17) is 9.47 Å². The standard InChI is InChI=1S/C21H20O5/c22-12-17-16-10-20(23)25-18(16)11-19(17)26-21(24)15-8-6-14(7-9-15)13-4-2-1-3-5-13/h1-5,10-11,14-15,22H,6-9,12H2. The van der Waals surface area contributed by atoms with E-state index in [1.54, 1.807) is 0 Å². The summed E-state index contributed by atoms with van der Waals surface area (Å²) in [5.74, 6) is 0.233. The number of fused-ring (bicyclic) bond motifs is 1. The first-order valence-corrected chi connectivity index (χ1v) is 8.92. The molecule has 0 unspecified atom stereocenters. The van der Waals surface area contributed by atoms with Gasteiger partial charge < -0.3 is 14.6 Å². The van der Waals surface area contributed by atoms with Crippen LogP contribution in [0.3, 0.4) is 0 Å². The lowest BCUT2D eigenvalue weighted by Crippen LogP contribution is -2.23. The maximum Gasteiger partial charge on any atom is 0.336 e. The first kappa shape index (κ1) is 16.8. The molecule has 0 aromatic heterocycles. The van der Waals surface area contributed by atoms with E-state index in [0.717, 1.165) is 25.7 Å². The molecule has 1 saturated carbocycles. The molecule has 1 aromatic rings. The molecule has 1 aliphatic heterocycles. The average molecular weight is 352 g/mol. The normalized spacial score (nSPS) is 24.7. The summed E-state index contributed by atoms with van der Waals surface area (Å²) in [7, 11) is 0. The van der Waals surface area contributed by atoms with Crippen LogP contribution in [-0.2, 0) is 19.1 Å². The van der Waals surface area contributed by atoms with E-state index in [1.165, 1.54) is 17.7 Å². The summed E-state index contributed by atoms with van der Waals surface area (Å²) in [6.07, 6.45) is 6.31. The molecule has 0 spiro atoms. The van der Waals surface area contributed by atoms with Gasteiger partial charge in [0, 0.05) is 23.3 Å². The smallest absolute Gasteiger partial charge is 0.336 e. The van der Waals surface area contributed by atoms with E-state index in [1.807, 2.05) is 18.2 Å². The number of allylic oxidation sites excluding steroid dienone is 2. The Hall–Kier alpha value is -2.66. The SMILES string of the molecule is O=C1C=C2C(=CC(OC(=O)C3CCC(c4ccccc4)CC3)=C2CO)O1. The monoisotopic (exact) mass is 352 g/mol. The van der Waals surface area contributed by atoms with Gasteiger partial charge in [0.2, 0.25) is 0 Å². The number of hydrogen-bond acceptors (Lipinski definition) is 5. The Morgan fingerprint density at radius 1 is 1.12 bits per heavy atom. The van der Waals surface area contributed by atoms with Crippen molar-refractivity contribution >= 4 is 11.9 Å². The lowest BCUT2D eigenvalue weighted by molar-refractivity contribution is -0.145. The number of carbonyl (C=O) groups excluding carboxylic acids is 2. The van der Waals surface area contributed by atoms with Crippen LogP contribution >= 0.6 is 0 Å². The van der Waals surface area contributed by atoms with E-state index < -0.39 is 5.97 Å². The van der Waals surface area contributed by atoms with Crippen LogP contribution in [0.25, 0.3) is 0 Å². The lowest BCUT2D eigenvalue weighted by atomic mass is 9.79. The zero-order chi connectivity index (χ0) is 18.1. The van der Waals surface area contributed by atoms with Gasteiger partial charge in [0.05, 0.1) is 12.5 Å². The molecule has 1 N–H and O–H groups in total. The van der Waals surface area contributed by atoms with Crippen LogP contribution in [-0.4, -0.2) is 23.7 Å². The Labute approximate surface area is 151 Å². The largest absolute Gasteiger partial charge is 0.426 e. The minimum atomic E-state index is -0.471. The van der Waals surface area contributed by atoms with E-state index >= 15 is 0 Å². The highest BCUT2D eigenvalue weighted by Gasteiger charge is 2.34. The summed E-state index contributed by atoms with van der Waals surface area (Å²) in [6.45, 7) is -0.314. The molecule has 0 radical (unpaired) electrons. The maximum atomic E-state index is 12.5. The van der Waals surface area contributed by atoms with Crippen molar-refractivity contribution < 1.29 is 24.2 Å². The van der Waals surface area contributed by atoms with Gasteiger partial charge >= 0.3 is 11.9 Å². The van der Waals surface area contributed by atoms with E-state index in [0.29, 0.717) is 22.8 Å². The predicted octanol–water partition coefficient (Wildman–Crippen LogP) is 3.13. The minimum absolute atomic E-state index is 0.141. The summed E-state index contributed by atoms with van der Waals surface area (Å²) < 4.78 is 10.6. The Balaban J connectivity index is 1.40. The third-order valence-corrected chi connectivity index (χ3v) is 5.32. The fourth-order valence-corrected chi connectivity index (χ4v) is 3.90. The summed E-state index contributed by atoms with van der Waals surface area (Å²) >= 11 is 0. The highest BCUT2D eigenvalue weighted by atomic mass is 16.6. The van der Waals surface area contributed by atoms with Crippen molar-refractivity contribution in [2.45, 2.75) is 31.6 Å². The number of hydrogen-bond donors (Lipinski definition) is 1. The van der Waals surface area contributed by atoms with Crippen LogP contribution < -0.4 is 0 Å². The Bertz CT molecular complexity index is 823.